The van der Waals surface area contributed by atoms with Gasteiger partial charge in [0, 0.05) is 7.11 Å². The molecular formula is C16H27NO2. The second-order valence-electron chi connectivity index (χ2n) is 5.19. The maximum absolute atomic E-state index is 5.85. The van der Waals surface area contributed by atoms with Crippen LogP contribution in [-0.4, -0.2) is 32.9 Å². The topological polar surface area (TPSA) is 30.5 Å². The molecule has 0 heterocycles. The monoisotopic (exact) mass is 265 g/mol. The highest BCUT2D eigenvalue weighted by Gasteiger charge is 2.09. The average molecular weight is 265 g/mol. The fourth-order valence-corrected chi connectivity index (χ4v) is 2.24. The van der Waals surface area contributed by atoms with Crippen LogP contribution in [0.4, 0.5) is 0 Å². The molecule has 0 aliphatic rings. The van der Waals surface area contributed by atoms with E-state index in [1.165, 1.54) is 11.1 Å². The molecule has 1 aromatic carbocycles. The van der Waals surface area contributed by atoms with Gasteiger partial charge in [0.05, 0.1) is 12.6 Å². The van der Waals surface area contributed by atoms with Crippen molar-refractivity contribution in [1.82, 2.24) is 5.32 Å². The summed E-state index contributed by atoms with van der Waals surface area (Å²) in [7, 11) is 1.71. The Kier molecular flexibility index (Phi) is 6.89. The number of benzene rings is 1. The quantitative estimate of drug-likeness (QED) is 0.783. The van der Waals surface area contributed by atoms with Gasteiger partial charge in [0.25, 0.3) is 0 Å². The second-order valence-corrected chi connectivity index (χ2v) is 5.19. The highest BCUT2D eigenvalue weighted by atomic mass is 16.5. The van der Waals surface area contributed by atoms with Gasteiger partial charge in [-0.3, -0.25) is 0 Å². The zero-order chi connectivity index (χ0) is 14.3. The van der Waals surface area contributed by atoms with Crippen molar-refractivity contribution in [3.05, 3.63) is 29.3 Å². The first-order valence-electron chi connectivity index (χ1n) is 7.04. The maximum Gasteiger partial charge on any atom is 0.119 e. The first-order valence-corrected chi connectivity index (χ1v) is 7.04. The third-order valence-corrected chi connectivity index (χ3v) is 3.18. The zero-order valence-corrected chi connectivity index (χ0v) is 12.8. The van der Waals surface area contributed by atoms with E-state index in [1.807, 2.05) is 0 Å². The Morgan fingerprint density at radius 3 is 2.47 bits per heavy atom. The first kappa shape index (κ1) is 16.0. The number of ether oxygens (including phenoxy) is 2. The molecule has 108 valence electrons. The Morgan fingerprint density at radius 2 is 1.95 bits per heavy atom. The van der Waals surface area contributed by atoms with Crippen LogP contribution in [0.15, 0.2) is 18.2 Å². The van der Waals surface area contributed by atoms with E-state index in [1.54, 1.807) is 7.11 Å². The number of likely N-dealkylation sites (N-methyl/N-ethyl adjacent to an activating group) is 1. The lowest BCUT2D eigenvalue weighted by atomic mass is 9.98. The van der Waals surface area contributed by atoms with Gasteiger partial charge >= 0.3 is 0 Å². The van der Waals surface area contributed by atoms with Crippen LogP contribution in [0.1, 0.15) is 37.8 Å². The van der Waals surface area contributed by atoms with Gasteiger partial charge < -0.3 is 14.8 Å². The van der Waals surface area contributed by atoms with Crippen LogP contribution in [-0.2, 0) is 4.74 Å². The molecule has 1 atom stereocenters. The predicted octanol–water partition coefficient (Wildman–Crippen LogP) is 3.12. The van der Waals surface area contributed by atoms with Crippen molar-refractivity contribution in [3.63, 3.8) is 0 Å². The summed E-state index contributed by atoms with van der Waals surface area (Å²) in [6.07, 6.45) is 0. The van der Waals surface area contributed by atoms with Crippen LogP contribution in [0, 0.1) is 6.92 Å². The largest absolute Gasteiger partial charge is 0.492 e. The van der Waals surface area contributed by atoms with Gasteiger partial charge in [-0.2, -0.15) is 0 Å². The first-order chi connectivity index (χ1) is 9.08. The van der Waals surface area contributed by atoms with Gasteiger partial charge in [0.2, 0.25) is 0 Å². The van der Waals surface area contributed by atoms with Gasteiger partial charge in [-0.1, -0.05) is 26.8 Å². The lowest BCUT2D eigenvalue weighted by Gasteiger charge is -2.18. The van der Waals surface area contributed by atoms with Gasteiger partial charge in [-0.05, 0) is 42.6 Å². The third-order valence-electron chi connectivity index (χ3n) is 3.18. The highest BCUT2D eigenvalue weighted by molar-refractivity contribution is 5.36. The second kappa shape index (κ2) is 8.18. The molecule has 0 fully saturated rings. The van der Waals surface area contributed by atoms with Gasteiger partial charge in [-0.25, -0.2) is 0 Å². The van der Waals surface area contributed by atoms with E-state index in [0.717, 1.165) is 12.3 Å². The minimum Gasteiger partial charge on any atom is -0.492 e. The van der Waals surface area contributed by atoms with Crippen molar-refractivity contribution in [2.75, 3.05) is 26.9 Å². The van der Waals surface area contributed by atoms with Crippen molar-refractivity contribution in [2.24, 2.45) is 0 Å². The Labute approximate surface area is 117 Å². The lowest BCUT2D eigenvalue weighted by Crippen LogP contribution is -2.38. The molecule has 0 aliphatic carbocycles. The summed E-state index contributed by atoms with van der Waals surface area (Å²) in [6.45, 7) is 10.9. The Morgan fingerprint density at radius 1 is 1.21 bits per heavy atom. The lowest BCUT2D eigenvalue weighted by molar-refractivity contribution is 0.137. The van der Waals surface area contributed by atoms with Crippen LogP contribution in [0.25, 0.3) is 0 Å². The van der Waals surface area contributed by atoms with Crippen LogP contribution in [0.2, 0.25) is 0 Å². The summed E-state index contributed by atoms with van der Waals surface area (Å²) >= 11 is 0. The fraction of sp³-hybridized carbons (Fsp3) is 0.625. The van der Waals surface area contributed by atoms with Crippen molar-refractivity contribution in [1.29, 1.82) is 0 Å². The number of hydrogen-bond acceptors (Lipinski definition) is 3. The summed E-state index contributed by atoms with van der Waals surface area (Å²) in [5.41, 5.74) is 2.67. The summed E-state index contributed by atoms with van der Waals surface area (Å²) < 4.78 is 11.0. The van der Waals surface area contributed by atoms with Crippen molar-refractivity contribution in [3.8, 4) is 5.75 Å². The summed E-state index contributed by atoms with van der Waals surface area (Å²) in [4.78, 5) is 0. The highest BCUT2D eigenvalue weighted by Crippen LogP contribution is 2.23. The molecule has 3 heteroatoms. The minimum absolute atomic E-state index is 0.236. The molecular weight excluding hydrogens is 238 g/mol. The molecule has 1 N–H and O–H groups in total. The van der Waals surface area contributed by atoms with Crippen LogP contribution in [0.5, 0.6) is 5.75 Å². The van der Waals surface area contributed by atoms with E-state index in [-0.39, 0.29) is 6.04 Å². The summed E-state index contributed by atoms with van der Waals surface area (Å²) in [6, 6.07) is 6.57. The molecule has 1 rings (SSSR count). The molecule has 0 amide bonds. The Balaban J connectivity index is 2.59. The van der Waals surface area contributed by atoms with E-state index in [4.69, 9.17) is 9.47 Å². The normalized spacial score (nSPS) is 12.7. The van der Waals surface area contributed by atoms with E-state index in [2.05, 4.69) is 51.2 Å². The van der Waals surface area contributed by atoms with E-state index < -0.39 is 0 Å². The van der Waals surface area contributed by atoms with Gasteiger partial charge in [0.1, 0.15) is 12.4 Å². The summed E-state index contributed by atoms with van der Waals surface area (Å²) in [5.74, 6) is 1.48. The molecule has 3 nitrogen and oxygen atoms in total. The van der Waals surface area contributed by atoms with Crippen LogP contribution >= 0.6 is 0 Å². The minimum atomic E-state index is 0.236. The standard InChI is InChI=1S/C16H27NO2/c1-6-17-14(10-18-5)11-19-15-7-8-16(12(2)3)13(4)9-15/h7-9,12,14,17H,6,10-11H2,1-5H3. The number of hydrogen-bond donors (Lipinski definition) is 1. The van der Waals surface area contributed by atoms with Gasteiger partial charge in [0.15, 0.2) is 0 Å². The molecule has 0 saturated carbocycles. The molecule has 0 bridgehead atoms. The van der Waals surface area contributed by atoms with E-state index >= 15 is 0 Å². The molecule has 0 aliphatic heterocycles. The molecule has 0 spiro atoms. The van der Waals surface area contributed by atoms with Crippen LogP contribution in [0.3, 0.4) is 0 Å². The van der Waals surface area contributed by atoms with E-state index in [0.29, 0.717) is 19.1 Å². The Hall–Kier alpha value is -1.06. The maximum atomic E-state index is 5.85. The molecule has 1 unspecified atom stereocenters. The molecule has 0 aromatic heterocycles. The van der Waals surface area contributed by atoms with Crippen molar-refractivity contribution >= 4 is 0 Å². The van der Waals surface area contributed by atoms with Crippen molar-refractivity contribution < 1.29 is 9.47 Å². The molecule has 19 heavy (non-hydrogen) atoms. The number of nitrogens with one attached hydrogen (secondary N) is 1. The number of rotatable bonds is 8. The number of methoxy groups -OCH3 is 1. The SMILES string of the molecule is CCNC(COC)COc1ccc(C(C)C)c(C)c1. The molecule has 0 saturated heterocycles. The summed E-state index contributed by atoms with van der Waals surface area (Å²) in [5, 5.41) is 3.35. The van der Waals surface area contributed by atoms with E-state index in [9.17, 15) is 0 Å². The predicted molar refractivity (Wildman–Crippen MR) is 80.1 cm³/mol. The Bertz CT molecular complexity index is 371. The average Bonchev–Trinajstić information content (AvgIpc) is 2.36. The smallest absolute Gasteiger partial charge is 0.119 e. The van der Waals surface area contributed by atoms with Crippen molar-refractivity contribution in [2.45, 2.75) is 39.7 Å². The zero-order valence-electron chi connectivity index (χ0n) is 12.8. The van der Waals surface area contributed by atoms with Gasteiger partial charge in [-0.15, -0.1) is 0 Å². The van der Waals surface area contributed by atoms with Crippen LogP contribution < -0.4 is 10.1 Å². The molecule has 1 aromatic rings. The number of aryl methyl sites for hydroxylation is 1. The molecule has 0 radical (unpaired) electrons. The third kappa shape index (κ3) is 5.21. The fourth-order valence-electron chi connectivity index (χ4n) is 2.24.